The lowest BCUT2D eigenvalue weighted by atomic mass is 9.87. The molecule has 0 fully saturated rings. The monoisotopic (exact) mass is 295 g/mol. The van der Waals surface area contributed by atoms with Crippen LogP contribution in [0.15, 0.2) is 18.2 Å². The minimum Gasteiger partial charge on any atom is -0.481 e. The van der Waals surface area contributed by atoms with Crippen LogP contribution < -0.4 is 5.32 Å². The third kappa shape index (κ3) is 5.94. The highest BCUT2D eigenvalue weighted by Gasteiger charge is 2.24. The standard InChI is InChI=1S/C16H22FNO3/c1-10-5-6-13(17)12(7-10)15(21)18-11(8-14(19)20)9-16(2,3)4/h5-7,11H,8-9H2,1-4H3,(H,18,21)(H,19,20). The van der Waals surface area contributed by atoms with E-state index >= 15 is 0 Å². The maximum absolute atomic E-state index is 13.7. The van der Waals surface area contributed by atoms with E-state index in [2.05, 4.69) is 5.32 Å². The van der Waals surface area contributed by atoms with Crippen LogP contribution in [0.25, 0.3) is 0 Å². The summed E-state index contributed by atoms with van der Waals surface area (Å²) in [5.74, 6) is -2.18. The number of hydrogen-bond donors (Lipinski definition) is 2. The third-order valence-electron chi connectivity index (χ3n) is 2.98. The molecule has 1 unspecified atom stereocenters. The molecule has 1 amide bonds. The van der Waals surface area contributed by atoms with Crippen molar-refractivity contribution in [1.29, 1.82) is 0 Å². The summed E-state index contributed by atoms with van der Waals surface area (Å²) in [5.41, 5.74) is 0.574. The summed E-state index contributed by atoms with van der Waals surface area (Å²) in [6, 6.07) is 3.74. The van der Waals surface area contributed by atoms with Crippen LogP contribution in [0.5, 0.6) is 0 Å². The molecule has 1 rings (SSSR count). The van der Waals surface area contributed by atoms with Gasteiger partial charge in [0.2, 0.25) is 0 Å². The molecule has 0 aliphatic rings. The first-order valence-electron chi connectivity index (χ1n) is 6.87. The Labute approximate surface area is 124 Å². The van der Waals surface area contributed by atoms with E-state index in [1.807, 2.05) is 20.8 Å². The summed E-state index contributed by atoms with van der Waals surface area (Å²) < 4.78 is 13.7. The van der Waals surface area contributed by atoms with Crippen LogP contribution >= 0.6 is 0 Å². The number of nitrogens with one attached hydrogen (secondary N) is 1. The summed E-state index contributed by atoms with van der Waals surface area (Å²) in [6.45, 7) is 7.64. The summed E-state index contributed by atoms with van der Waals surface area (Å²) in [5, 5.41) is 11.6. The number of carboxylic acid groups (broad SMARTS) is 1. The fraction of sp³-hybridized carbons (Fsp3) is 0.500. The van der Waals surface area contributed by atoms with Gasteiger partial charge < -0.3 is 10.4 Å². The molecule has 4 nitrogen and oxygen atoms in total. The first-order valence-corrected chi connectivity index (χ1v) is 6.87. The number of aliphatic carboxylic acids is 1. The highest BCUT2D eigenvalue weighted by molar-refractivity contribution is 5.95. The van der Waals surface area contributed by atoms with E-state index in [0.29, 0.717) is 6.42 Å². The molecule has 2 N–H and O–H groups in total. The van der Waals surface area contributed by atoms with Crippen molar-refractivity contribution in [2.24, 2.45) is 5.41 Å². The number of carbonyl (C=O) groups is 2. The van der Waals surface area contributed by atoms with Crippen LogP contribution in [-0.2, 0) is 4.79 Å². The Balaban J connectivity index is 2.89. The van der Waals surface area contributed by atoms with Gasteiger partial charge in [0.05, 0.1) is 12.0 Å². The fourth-order valence-electron chi connectivity index (χ4n) is 2.20. The predicted octanol–water partition coefficient (Wildman–Crippen LogP) is 3.14. The summed E-state index contributed by atoms with van der Waals surface area (Å²) in [6.07, 6.45) is 0.314. The molecule has 5 heteroatoms. The van der Waals surface area contributed by atoms with Crippen LogP contribution in [0.2, 0.25) is 0 Å². The normalized spacial score (nSPS) is 12.8. The Morgan fingerprint density at radius 2 is 1.95 bits per heavy atom. The van der Waals surface area contributed by atoms with E-state index in [1.54, 1.807) is 13.0 Å². The zero-order chi connectivity index (χ0) is 16.2. The predicted molar refractivity (Wildman–Crippen MR) is 78.7 cm³/mol. The molecule has 0 saturated heterocycles. The number of rotatable bonds is 5. The highest BCUT2D eigenvalue weighted by atomic mass is 19.1. The molecule has 0 aromatic heterocycles. The van der Waals surface area contributed by atoms with Crippen molar-refractivity contribution in [3.8, 4) is 0 Å². The fourth-order valence-corrected chi connectivity index (χ4v) is 2.20. The molecule has 0 saturated carbocycles. The van der Waals surface area contributed by atoms with Gasteiger partial charge in [0.1, 0.15) is 5.82 Å². The molecule has 0 radical (unpaired) electrons. The number of aryl methyl sites for hydroxylation is 1. The lowest BCUT2D eigenvalue weighted by molar-refractivity contribution is -0.137. The van der Waals surface area contributed by atoms with E-state index in [0.717, 1.165) is 5.56 Å². The van der Waals surface area contributed by atoms with Crippen LogP contribution in [-0.4, -0.2) is 23.0 Å². The number of carbonyl (C=O) groups excluding carboxylic acids is 1. The minimum absolute atomic E-state index is 0.0562. The molecular weight excluding hydrogens is 273 g/mol. The minimum atomic E-state index is -0.991. The second-order valence-electron chi connectivity index (χ2n) is 6.52. The molecule has 0 bridgehead atoms. The largest absolute Gasteiger partial charge is 0.481 e. The third-order valence-corrected chi connectivity index (χ3v) is 2.98. The smallest absolute Gasteiger partial charge is 0.305 e. The molecule has 116 valence electrons. The van der Waals surface area contributed by atoms with Crippen molar-refractivity contribution in [3.05, 3.63) is 35.1 Å². The Kier molecular flexibility index (Phi) is 5.47. The molecule has 0 spiro atoms. The van der Waals surface area contributed by atoms with Crippen molar-refractivity contribution in [1.82, 2.24) is 5.32 Å². The Bertz CT molecular complexity index is 535. The van der Waals surface area contributed by atoms with Crippen LogP contribution in [0.3, 0.4) is 0 Å². The quantitative estimate of drug-likeness (QED) is 0.877. The first-order chi connectivity index (χ1) is 9.58. The SMILES string of the molecule is Cc1ccc(F)c(C(=O)NC(CC(=O)O)CC(C)(C)C)c1. The van der Waals surface area contributed by atoms with E-state index < -0.39 is 23.7 Å². The number of hydrogen-bond acceptors (Lipinski definition) is 2. The van der Waals surface area contributed by atoms with Crippen molar-refractivity contribution < 1.29 is 19.1 Å². The van der Waals surface area contributed by atoms with Crippen molar-refractivity contribution in [2.75, 3.05) is 0 Å². The molecule has 0 aliphatic carbocycles. The molecule has 0 aliphatic heterocycles. The van der Waals surface area contributed by atoms with E-state index in [1.165, 1.54) is 12.1 Å². The zero-order valence-electron chi connectivity index (χ0n) is 12.9. The topological polar surface area (TPSA) is 66.4 Å². The summed E-state index contributed by atoms with van der Waals surface area (Å²) in [7, 11) is 0. The second kappa shape index (κ2) is 6.70. The number of halogens is 1. The van der Waals surface area contributed by atoms with E-state index in [4.69, 9.17) is 5.11 Å². The zero-order valence-corrected chi connectivity index (χ0v) is 12.9. The summed E-state index contributed by atoms with van der Waals surface area (Å²) in [4.78, 5) is 23.1. The van der Waals surface area contributed by atoms with E-state index in [-0.39, 0.29) is 17.4 Å². The van der Waals surface area contributed by atoms with Gasteiger partial charge in [0.25, 0.3) is 5.91 Å². The summed E-state index contributed by atoms with van der Waals surface area (Å²) >= 11 is 0. The van der Waals surface area contributed by atoms with Gasteiger partial charge >= 0.3 is 5.97 Å². The van der Waals surface area contributed by atoms with Crippen molar-refractivity contribution in [3.63, 3.8) is 0 Å². The lowest BCUT2D eigenvalue weighted by Crippen LogP contribution is -2.39. The van der Waals surface area contributed by atoms with Gasteiger partial charge in [0, 0.05) is 6.04 Å². The highest BCUT2D eigenvalue weighted by Crippen LogP contribution is 2.22. The van der Waals surface area contributed by atoms with Crippen molar-refractivity contribution in [2.45, 2.75) is 46.6 Å². The number of carboxylic acids is 1. The van der Waals surface area contributed by atoms with Crippen LogP contribution in [0.1, 0.15) is 49.5 Å². The van der Waals surface area contributed by atoms with E-state index in [9.17, 15) is 14.0 Å². The maximum Gasteiger partial charge on any atom is 0.305 e. The average molecular weight is 295 g/mol. The van der Waals surface area contributed by atoms with Gasteiger partial charge in [-0.2, -0.15) is 0 Å². The molecule has 21 heavy (non-hydrogen) atoms. The van der Waals surface area contributed by atoms with Gasteiger partial charge in [-0.05, 0) is 30.9 Å². The second-order valence-corrected chi connectivity index (χ2v) is 6.52. The Morgan fingerprint density at radius 3 is 2.48 bits per heavy atom. The van der Waals surface area contributed by atoms with Gasteiger partial charge in [0.15, 0.2) is 0 Å². The first kappa shape index (κ1) is 17.1. The lowest BCUT2D eigenvalue weighted by Gasteiger charge is -2.26. The van der Waals surface area contributed by atoms with Gasteiger partial charge in [-0.25, -0.2) is 4.39 Å². The Hall–Kier alpha value is -1.91. The maximum atomic E-state index is 13.7. The van der Waals surface area contributed by atoms with Crippen molar-refractivity contribution >= 4 is 11.9 Å². The van der Waals surface area contributed by atoms with Gasteiger partial charge in [-0.15, -0.1) is 0 Å². The van der Waals surface area contributed by atoms with Gasteiger partial charge in [-0.1, -0.05) is 32.4 Å². The van der Waals surface area contributed by atoms with Crippen LogP contribution in [0, 0.1) is 18.2 Å². The Morgan fingerprint density at radius 1 is 1.33 bits per heavy atom. The molecule has 0 heterocycles. The number of benzene rings is 1. The van der Waals surface area contributed by atoms with Crippen LogP contribution in [0.4, 0.5) is 4.39 Å². The average Bonchev–Trinajstić information content (AvgIpc) is 2.28. The number of amides is 1. The molecule has 1 atom stereocenters. The molecule has 1 aromatic rings. The molecular formula is C16H22FNO3. The molecule has 1 aromatic carbocycles. The van der Waals surface area contributed by atoms with Gasteiger partial charge in [-0.3, -0.25) is 9.59 Å².